The molecule has 0 spiro atoms. The molecule has 7 nitrogen and oxygen atoms in total. The maximum atomic E-state index is 12.4. The van der Waals surface area contributed by atoms with Crippen molar-refractivity contribution in [2.24, 2.45) is 5.92 Å². The molecule has 8 heteroatoms. The Labute approximate surface area is 174 Å². The number of methoxy groups -OCH3 is 1. The fraction of sp³-hybridized carbons (Fsp3) is 0.286. The van der Waals surface area contributed by atoms with Crippen LogP contribution in [0.2, 0.25) is 5.02 Å². The summed E-state index contributed by atoms with van der Waals surface area (Å²) in [7, 11) is 1.50. The SMILES string of the molecule is COc1ccc(Cl)cc1NC(=O)CCNC(=O)[C@@H]1CC(=O)N(c2ccccc2)C1. The number of para-hydroxylation sites is 1. The third-order valence-electron chi connectivity index (χ3n) is 4.65. The van der Waals surface area contributed by atoms with Gasteiger partial charge in [0.1, 0.15) is 5.75 Å². The van der Waals surface area contributed by atoms with Gasteiger partial charge in [0.2, 0.25) is 17.7 Å². The molecule has 0 aromatic heterocycles. The summed E-state index contributed by atoms with van der Waals surface area (Å²) >= 11 is 5.95. The number of hydrogen-bond acceptors (Lipinski definition) is 4. The molecule has 2 N–H and O–H groups in total. The molecule has 2 aromatic rings. The van der Waals surface area contributed by atoms with Crippen LogP contribution in [0.5, 0.6) is 5.75 Å². The molecule has 1 atom stereocenters. The van der Waals surface area contributed by atoms with Crippen molar-refractivity contribution in [3.8, 4) is 5.75 Å². The van der Waals surface area contributed by atoms with E-state index < -0.39 is 5.92 Å². The summed E-state index contributed by atoms with van der Waals surface area (Å²) < 4.78 is 5.19. The number of rotatable bonds is 7. The minimum Gasteiger partial charge on any atom is -0.495 e. The summed E-state index contributed by atoms with van der Waals surface area (Å²) in [5, 5.41) is 5.93. The first-order chi connectivity index (χ1) is 14.0. The second-order valence-electron chi connectivity index (χ2n) is 6.67. The van der Waals surface area contributed by atoms with E-state index >= 15 is 0 Å². The monoisotopic (exact) mass is 415 g/mol. The van der Waals surface area contributed by atoms with Crippen LogP contribution in [0.15, 0.2) is 48.5 Å². The van der Waals surface area contributed by atoms with Crippen molar-refractivity contribution in [1.82, 2.24) is 5.32 Å². The third-order valence-corrected chi connectivity index (χ3v) is 4.89. The van der Waals surface area contributed by atoms with Crippen LogP contribution in [0, 0.1) is 5.92 Å². The number of benzene rings is 2. The molecule has 1 saturated heterocycles. The smallest absolute Gasteiger partial charge is 0.227 e. The Morgan fingerprint density at radius 3 is 2.69 bits per heavy atom. The zero-order chi connectivity index (χ0) is 20.8. The molecule has 0 aliphatic carbocycles. The van der Waals surface area contributed by atoms with Gasteiger partial charge in [-0.15, -0.1) is 0 Å². The van der Waals surface area contributed by atoms with E-state index in [1.165, 1.54) is 7.11 Å². The highest BCUT2D eigenvalue weighted by molar-refractivity contribution is 6.31. The van der Waals surface area contributed by atoms with Gasteiger partial charge in [0.15, 0.2) is 0 Å². The van der Waals surface area contributed by atoms with Crippen molar-refractivity contribution in [2.75, 3.05) is 30.4 Å². The molecular weight excluding hydrogens is 394 g/mol. The van der Waals surface area contributed by atoms with Gasteiger partial charge in [-0.2, -0.15) is 0 Å². The number of nitrogens with zero attached hydrogens (tertiary/aromatic N) is 1. The molecule has 3 amide bonds. The highest BCUT2D eigenvalue weighted by Gasteiger charge is 2.34. The fourth-order valence-electron chi connectivity index (χ4n) is 3.17. The van der Waals surface area contributed by atoms with Crippen LogP contribution in [-0.4, -0.2) is 37.9 Å². The number of carbonyl (C=O) groups excluding carboxylic acids is 3. The van der Waals surface area contributed by atoms with Gasteiger partial charge in [-0.1, -0.05) is 29.8 Å². The lowest BCUT2D eigenvalue weighted by atomic mass is 10.1. The second-order valence-corrected chi connectivity index (χ2v) is 7.11. The standard InChI is InChI=1S/C21H22ClN3O4/c1-29-18-8-7-15(22)12-17(18)24-19(26)9-10-23-21(28)14-11-20(27)25(13-14)16-5-3-2-4-6-16/h2-8,12,14H,9-11,13H2,1H3,(H,23,28)(H,24,26)/t14-/m1/s1. The van der Waals surface area contributed by atoms with E-state index in [1.54, 1.807) is 23.1 Å². The van der Waals surface area contributed by atoms with Crippen molar-refractivity contribution in [3.63, 3.8) is 0 Å². The molecule has 1 aliphatic heterocycles. The maximum Gasteiger partial charge on any atom is 0.227 e. The lowest BCUT2D eigenvalue weighted by Gasteiger charge is -2.16. The van der Waals surface area contributed by atoms with Crippen LogP contribution >= 0.6 is 11.6 Å². The summed E-state index contributed by atoms with van der Waals surface area (Å²) in [6.07, 6.45) is 0.247. The van der Waals surface area contributed by atoms with Crippen molar-refractivity contribution in [3.05, 3.63) is 53.6 Å². The molecule has 29 heavy (non-hydrogen) atoms. The minimum atomic E-state index is -0.432. The van der Waals surface area contributed by atoms with Crippen LogP contribution in [0.4, 0.5) is 11.4 Å². The number of carbonyl (C=O) groups is 3. The Hall–Kier alpha value is -3.06. The quantitative estimate of drug-likeness (QED) is 0.727. The van der Waals surface area contributed by atoms with Gasteiger partial charge >= 0.3 is 0 Å². The molecule has 2 aromatic carbocycles. The Balaban J connectivity index is 1.47. The van der Waals surface area contributed by atoms with Crippen molar-refractivity contribution in [1.29, 1.82) is 0 Å². The predicted molar refractivity (Wildman–Crippen MR) is 111 cm³/mol. The zero-order valence-corrected chi connectivity index (χ0v) is 16.7. The van der Waals surface area contributed by atoms with Crippen molar-refractivity contribution < 1.29 is 19.1 Å². The molecule has 0 bridgehead atoms. The average molecular weight is 416 g/mol. The van der Waals surface area contributed by atoms with Crippen LogP contribution in [-0.2, 0) is 14.4 Å². The lowest BCUT2D eigenvalue weighted by molar-refractivity contribution is -0.126. The summed E-state index contributed by atoms with van der Waals surface area (Å²) in [6, 6.07) is 14.2. The Morgan fingerprint density at radius 1 is 1.21 bits per heavy atom. The average Bonchev–Trinajstić information content (AvgIpc) is 3.10. The highest BCUT2D eigenvalue weighted by Crippen LogP contribution is 2.28. The fourth-order valence-corrected chi connectivity index (χ4v) is 3.35. The van der Waals surface area contributed by atoms with Gasteiger partial charge in [0.25, 0.3) is 0 Å². The van der Waals surface area contributed by atoms with Crippen LogP contribution in [0.1, 0.15) is 12.8 Å². The number of ether oxygens (including phenoxy) is 1. The number of anilines is 2. The Kier molecular flexibility index (Phi) is 6.72. The summed E-state index contributed by atoms with van der Waals surface area (Å²) in [6.45, 7) is 0.504. The molecule has 1 aliphatic rings. The van der Waals surface area contributed by atoms with Gasteiger partial charge in [0, 0.05) is 36.6 Å². The second kappa shape index (κ2) is 9.43. The van der Waals surface area contributed by atoms with E-state index in [4.69, 9.17) is 16.3 Å². The number of halogens is 1. The highest BCUT2D eigenvalue weighted by atomic mass is 35.5. The Morgan fingerprint density at radius 2 is 1.97 bits per heavy atom. The van der Waals surface area contributed by atoms with Crippen molar-refractivity contribution >= 4 is 40.7 Å². The van der Waals surface area contributed by atoms with E-state index in [9.17, 15) is 14.4 Å². The van der Waals surface area contributed by atoms with E-state index in [1.807, 2.05) is 30.3 Å². The number of nitrogens with one attached hydrogen (secondary N) is 2. The molecule has 152 valence electrons. The molecule has 3 rings (SSSR count). The van der Waals surface area contributed by atoms with E-state index in [0.717, 1.165) is 5.69 Å². The van der Waals surface area contributed by atoms with Gasteiger partial charge in [-0.3, -0.25) is 14.4 Å². The minimum absolute atomic E-state index is 0.0813. The van der Waals surface area contributed by atoms with Gasteiger partial charge in [-0.05, 0) is 30.3 Å². The first-order valence-corrected chi connectivity index (χ1v) is 9.62. The maximum absolute atomic E-state index is 12.4. The van der Waals surface area contributed by atoms with Crippen molar-refractivity contribution in [2.45, 2.75) is 12.8 Å². The third kappa shape index (κ3) is 5.26. The van der Waals surface area contributed by atoms with Crippen LogP contribution < -0.4 is 20.3 Å². The summed E-state index contributed by atoms with van der Waals surface area (Å²) in [5.74, 6) is -0.526. The molecule has 0 radical (unpaired) electrons. The summed E-state index contributed by atoms with van der Waals surface area (Å²) in [5.41, 5.74) is 1.25. The summed E-state index contributed by atoms with van der Waals surface area (Å²) in [4.78, 5) is 38.4. The molecular formula is C21H22ClN3O4. The van der Waals surface area contributed by atoms with Gasteiger partial charge in [0.05, 0.1) is 18.7 Å². The first kappa shape index (κ1) is 20.7. The topological polar surface area (TPSA) is 87.7 Å². The zero-order valence-electron chi connectivity index (χ0n) is 16.0. The normalized spacial score (nSPS) is 15.9. The first-order valence-electron chi connectivity index (χ1n) is 9.24. The lowest BCUT2D eigenvalue weighted by Crippen LogP contribution is -2.34. The van der Waals surface area contributed by atoms with E-state index in [2.05, 4.69) is 10.6 Å². The van der Waals surface area contributed by atoms with Gasteiger partial charge in [-0.25, -0.2) is 0 Å². The van der Waals surface area contributed by atoms with E-state index in [-0.39, 0.29) is 37.1 Å². The molecule has 1 heterocycles. The van der Waals surface area contributed by atoms with Crippen LogP contribution in [0.3, 0.4) is 0 Å². The molecule has 0 saturated carbocycles. The van der Waals surface area contributed by atoms with Crippen LogP contribution in [0.25, 0.3) is 0 Å². The Bertz CT molecular complexity index is 904. The molecule has 1 fully saturated rings. The number of amides is 3. The van der Waals surface area contributed by atoms with E-state index in [0.29, 0.717) is 23.0 Å². The largest absolute Gasteiger partial charge is 0.495 e. The predicted octanol–water partition coefficient (Wildman–Crippen LogP) is 2.85. The van der Waals surface area contributed by atoms with Gasteiger partial charge < -0.3 is 20.3 Å². The molecule has 0 unspecified atom stereocenters. The number of hydrogen-bond donors (Lipinski definition) is 2.